The van der Waals surface area contributed by atoms with Crippen molar-refractivity contribution in [2.45, 2.75) is 44.2 Å². The number of hydrogen-bond acceptors (Lipinski definition) is 4. The fourth-order valence-corrected chi connectivity index (χ4v) is 2.82. The molecule has 2 amide bonds. The molecule has 0 aromatic heterocycles. The van der Waals surface area contributed by atoms with Gasteiger partial charge >= 0.3 is 0 Å². The van der Waals surface area contributed by atoms with Crippen molar-refractivity contribution in [3.05, 3.63) is 0 Å². The Balaban J connectivity index is 2.05. The van der Waals surface area contributed by atoms with E-state index >= 15 is 0 Å². The fraction of sp³-hybridized carbons (Fsp3) is 0.846. The number of nitrogens with two attached hydrogens (primary N) is 1. The number of hydrogen-bond donors (Lipinski definition) is 2. The van der Waals surface area contributed by atoms with E-state index in [1.165, 1.54) is 0 Å². The van der Waals surface area contributed by atoms with Crippen LogP contribution >= 0.6 is 0 Å². The standard InChI is InChI=1S/C13H23N3O3/c14-6-3-4-10(11-5-1-2-7-19-11)16-9-12(17)15-8-13(16)18/h10-11H,1-9,14H2,(H,15,17). The van der Waals surface area contributed by atoms with Gasteiger partial charge in [0.15, 0.2) is 0 Å². The average Bonchev–Trinajstić information content (AvgIpc) is 2.44. The lowest BCUT2D eigenvalue weighted by molar-refractivity contribution is -0.147. The molecule has 0 bridgehead atoms. The Morgan fingerprint density at radius 2 is 2.26 bits per heavy atom. The Hall–Kier alpha value is -1.14. The Labute approximate surface area is 113 Å². The highest BCUT2D eigenvalue weighted by molar-refractivity contribution is 5.92. The lowest BCUT2D eigenvalue weighted by atomic mass is 9.96. The predicted molar refractivity (Wildman–Crippen MR) is 70.4 cm³/mol. The van der Waals surface area contributed by atoms with Crippen LogP contribution in [0.25, 0.3) is 0 Å². The summed E-state index contributed by atoms with van der Waals surface area (Å²) in [5.41, 5.74) is 5.57. The topological polar surface area (TPSA) is 84.7 Å². The summed E-state index contributed by atoms with van der Waals surface area (Å²) in [7, 11) is 0. The highest BCUT2D eigenvalue weighted by Crippen LogP contribution is 2.23. The number of amides is 2. The minimum absolute atomic E-state index is 0.0117. The number of carbonyl (C=O) groups excluding carboxylic acids is 2. The third-order valence-corrected chi connectivity index (χ3v) is 3.82. The summed E-state index contributed by atoms with van der Waals surface area (Å²) in [6.45, 7) is 1.59. The zero-order chi connectivity index (χ0) is 13.7. The van der Waals surface area contributed by atoms with Crippen LogP contribution in [0.4, 0.5) is 0 Å². The third kappa shape index (κ3) is 3.67. The van der Waals surface area contributed by atoms with Gasteiger partial charge in [-0.1, -0.05) is 0 Å². The van der Waals surface area contributed by atoms with E-state index in [0.29, 0.717) is 6.54 Å². The highest BCUT2D eigenvalue weighted by Gasteiger charge is 2.35. The molecular weight excluding hydrogens is 246 g/mol. The Kier molecular flexibility index (Phi) is 5.15. The van der Waals surface area contributed by atoms with E-state index in [9.17, 15) is 9.59 Å². The molecule has 2 unspecified atom stereocenters. The number of carbonyl (C=O) groups is 2. The van der Waals surface area contributed by atoms with E-state index in [-0.39, 0.29) is 37.0 Å². The number of nitrogens with zero attached hydrogens (tertiary/aromatic N) is 1. The molecule has 19 heavy (non-hydrogen) atoms. The van der Waals surface area contributed by atoms with Crippen molar-refractivity contribution in [1.29, 1.82) is 0 Å². The first-order valence-electron chi connectivity index (χ1n) is 7.10. The second kappa shape index (κ2) is 6.86. The van der Waals surface area contributed by atoms with Gasteiger partial charge in [-0.2, -0.15) is 0 Å². The van der Waals surface area contributed by atoms with Crippen molar-refractivity contribution in [3.63, 3.8) is 0 Å². The summed E-state index contributed by atoms with van der Waals surface area (Å²) in [4.78, 5) is 25.2. The van der Waals surface area contributed by atoms with Crippen LogP contribution in [0.5, 0.6) is 0 Å². The molecule has 2 rings (SSSR count). The van der Waals surface area contributed by atoms with E-state index < -0.39 is 0 Å². The molecule has 2 atom stereocenters. The van der Waals surface area contributed by atoms with Gasteiger partial charge in [0.05, 0.1) is 25.2 Å². The van der Waals surface area contributed by atoms with Crippen LogP contribution in [0.1, 0.15) is 32.1 Å². The van der Waals surface area contributed by atoms with Gasteiger partial charge in [-0.05, 0) is 38.6 Å². The van der Waals surface area contributed by atoms with Gasteiger partial charge in [0.2, 0.25) is 11.8 Å². The molecule has 2 saturated heterocycles. The van der Waals surface area contributed by atoms with E-state index in [1.807, 2.05) is 0 Å². The van der Waals surface area contributed by atoms with Crippen LogP contribution in [-0.4, -0.2) is 55.1 Å². The maximum Gasteiger partial charge on any atom is 0.242 e. The second-order valence-electron chi connectivity index (χ2n) is 5.20. The fourth-order valence-electron chi connectivity index (χ4n) is 2.82. The van der Waals surface area contributed by atoms with Gasteiger partial charge in [0.1, 0.15) is 0 Å². The minimum Gasteiger partial charge on any atom is -0.376 e. The molecule has 2 aliphatic rings. The first-order valence-corrected chi connectivity index (χ1v) is 7.10. The van der Waals surface area contributed by atoms with Gasteiger partial charge in [-0.3, -0.25) is 9.59 Å². The maximum absolute atomic E-state index is 12.0. The molecule has 0 radical (unpaired) electrons. The summed E-state index contributed by atoms with van der Waals surface area (Å²) in [6.07, 6.45) is 4.86. The van der Waals surface area contributed by atoms with Crippen LogP contribution in [0.15, 0.2) is 0 Å². The van der Waals surface area contributed by atoms with Crippen LogP contribution in [0.3, 0.4) is 0 Å². The number of nitrogens with one attached hydrogen (secondary N) is 1. The van der Waals surface area contributed by atoms with Crippen LogP contribution in [-0.2, 0) is 14.3 Å². The number of piperazine rings is 1. The molecule has 3 N–H and O–H groups in total. The lowest BCUT2D eigenvalue weighted by Crippen LogP contribution is -2.58. The highest BCUT2D eigenvalue weighted by atomic mass is 16.5. The molecule has 0 aromatic rings. The Morgan fingerprint density at radius 3 is 2.95 bits per heavy atom. The second-order valence-corrected chi connectivity index (χ2v) is 5.20. The van der Waals surface area contributed by atoms with Gasteiger partial charge in [0, 0.05) is 6.61 Å². The summed E-state index contributed by atoms with van der Waals surface area (Å²) in [5, 5.41) is 2.58. The van der Waals surface area contributed by atoms with Crippen LogP contribution in [0.2, 0.25) is 0 Å². The molecule has 0 aliphatic carbocycles. The maximum atomic E-state index is 12.0. The van der Waals surface area contributed by atoms with E-state index in [1.54, 1.807) is 4.90 Å². The van der Waals surface area contributed by atoms with E-state index in [4.69, 9.17) is 10.5 Å². The molecule has 2 heterocycles. The van der Waals surface area contributed by atoms with Crippen molar-refractivity contribution in [2.75, 3.05) is 26.2 Å². The predicted octanol–water partition coefficient (Wildman–Crippen LogP) is -0.379. The van der Waals surface area contributed by atoms with Gasteiger partial charge < -0.3 is 20.7 Å². The molecule has 0 saturated carbocycles. The lowest BCUT2D eigenvalue weighted by Gasteiger charge is -2.40. The number of ether oxygens (including phenoxy) is 1. The van der Waals surface area contributed by atoms with Gasteiger partial charge in [-0.25, -0.2) is 0 Å². The Bertz CT molecular complexity index is 329. The van der Waals surface area contributed by atoms with Crippen molar-refractivity contribution >= 4 is 11.8 Å². The third-order valence-electron chi connectivity index (χ3n) is 3.82. The summed E-state index contributed by atoms with van der Waals surface area (Å²) in [5.74, 6) is -0.107. The SMILES string of the molecule is NCCCC(C1CCCCO1)N1CC(=O)NCC1=O. The van der Waals surface area contributed by atoms with E-state index in [0.717, 1.165) is 38.7 Å². The van der Waals surface area contributed by atoms with Crippen molar-refractivity contribution < 1.29 is 14.3 Å². The monoisotopic (exact) mass is 269 g/mol. The molecule has 108 valence electrons. The summed E-state index contributed by atoms with van der Waals surface area (Å²) < 4.78 is 5.81. The summed E-state index contributed by atoms with van der Waals surface area (Å²) >= 11 is 0. The van der Waals surface area contributed by atoms with Gasteiger partial charge in [-0.15, -0.1) is 0 Å². The zero-order valence-electron chi connectivity index (χ0n) is 11.3. The van der Waals surface area contributed by atoms with Crippen molar-refractivity contribution in [2.24, 2.45) is 5.73 Å². The molecule has 0 aromatic carbocycles. The Morgan fingerprint density at radius 1 is 1.42 bits per heavy atom. The first-order chi connectivity index (χ1) is 9.22. The smallest absolute Gasteiger partial charge is 0.242 e. The normalized spacial score (nSPS) is 26.2. The summed E-state index contributed by atoms with van der Waals surface area (Å²) in [6, 6.07) is -0.0117. The van der Waals surface area contributed by atoms with Crippen molar-refractivity contribution in [3.8, 4) is 0 Å². The molecule has 2 fully saturated rings. The molecule has 6 nitrogen and oxygen atoms in total. The number of rotatable bonds is 5. The van der Waals surface area contributed by atoms with E-state index in [2.05, 4.69) is 5.32 Å². The largest absolute Gasteiger partial charge is 0.376 e. The molecular formula is C13H23N3O3. The van der Waals surface area contributed by atoms with Gasteiger partial charge in [0.25, 0.3) is 0 Å². The van der Waals surface area contributed by atoms with Crippen LogP contribution in [0, 0.1) is 0 Å². The van der Waals surface area contributed by atoms with Crippen molar-refractivity contribution in [1.82, 2.24) is 10.2 Å². The molecule has 6 heteroatoms. The minimum atomic E-state index is -0.0897. The molecule has 2 aliphatic heterocycles. The average molecular weight is 269 g/mol. The first kappa shape index (κ1) is 14.3. The van der Waals surface area contributed by atoms with Crippen LogP contribution < -0.4 is 11.1 Å². The quantitative estimate of drug-likeness (QED) is 0.712. The zero-order valence-corrected chi connectivity index (χ0v) is 11.3. The molecule has 0 spiro atoms.